The van der Waals surface area contributed by atoms with Crippen LogP contribution >= 0.6 is 0 Å². The van der Waals surface area contributed by atoms with E-state index in [1.165, 1.54) is 24.0 Å². The molecule has 5 heteroatoms. The standard InChI is InChI=1S/C22H35N3O2/c1-16(2)17-7-9-18(10-8-17)20-14-21(20)25-22(23-3)24-11-5-12-26-15-19-6-4-13-27-19/h7-10,16,19-21H,4-6,11-15H2,1-3H3,(H2,23,24,25). The molecular weight excluding hydrogens is 338 g/mol. The molecule has 1 heterocycles. The van der Waals surface area contributed by atoms with Gasteiger partial charge in [0.05, 0.1) is 12.7 Å². The van der Waals surface area contributed by atoms with E-state index < -0.39 is 0 Å². The summed E-state index contributed by atoms with van der Waals surface area (Å²) in [6.45, 7) is 7.72. The minimum atomic E-state index is 0.314. The van der Waals surface area contributed by atoms with E-state index >= 15 is 0 Å². The van der Waals surface area contributed by atoms with Gasteiger partial charge in [-0.15, -0.1) is 0 Å². The number of nitrogens with one attached hydrogen (secondary N) is 2. The molecule has 1 saturated heterocycles. The smallest absolute Gasteiger partial charge is 0.191 e. The number of benzene rings is 1. The maximum atomic E-state index is 5.70. The molecule has 0 aromatic heterocycles. The number of rotatable bonds is 9. The lowest BCUT2D eigenvalue weighted by Crippen LogP contribution is -2.39. The van der Waals surface area contributed by atoms with Crippen LogP contribution in [0.25, 0.3) is 0 Å². The fourth-order valence-corrected chi connectivity index (χ4v) is 3.59. The lowest BCUT2D eigenvalue weighted by molar-refractivity contribution is 0.0168. The van der Waals surface area contributed by atoms with Crippen molar-refractivity contribution in [2.45, 2.75) is 63.5 Å². The minimum Gasteiger partial charge on any atom is -0.379 e. The number of hydrogen-bond donors (Lipinski definition) is 2. The molecule has 0 bridgehead atoms. The molecule has 0 spiro atoms. The Morgan fingerprint density at radius 3 is 2.78 bits per heavy atom. The topological polar surface area (TPSA) is 54.9 Å². The quantitative estimate of drug-likeness (QED) is 0.396. The van der Waals surface area contributed by atoms with Gasteiger partial charge < -0.3 is 20.1 Å². The average molecular weight is 374 g/mol. The van der Waals surface area contributed by atoms with E-state index in [-0.39, 0.29) is 0 Å². The van der Waals surface area contributed by atoms with Crippen LogP contribution in [0.15, 0.2) is 29.3 Å². The largest absolute Gasteiger partial charge is 0.379 e. The molecule has 2 aliphatic rings. The van der Waals surface area contributed by atoms with Crippen molar-refractivity contribution in [3.05, 3.63) is 35.4 Å². The minimum absolute atomic E-state index is 0.314. The fourth-order valence-electron chi connectivity index (χ4n) is 3.59. The van der Waals surface area contributed by atoms with Crippen molar-refractivity contribution in [3.63, 3.8) is 0 Å². The third-order valence-corrected chi connectivity index (χ3v) is 5.45. The lowest BCUT2D eigenvalue weighted by Gasteiger charge is -2.13. The highest BCUT2D eigenvalue weighted by molar-refractivity contribution is 5.80. The number of aliphatic imine (C=N–C) groups is 1. The van der Waals surface area contributed by atoms with Crippen LogP contribution in [0.5, 0.6) is 0 Å². The molecule has 2 N–H and O–H groups in total. The average Bonchev–Trinajstić information content (AvgIpc) is 3.25. The molecule has 1 saturated carbocycles. The molecule has 27 heavy (non-hydrogen) atoms. The summed E-state index contributed by atoms with van der Waals surface area (Å²) in [5, 5.41) is 6.93. The first-order valence-electron chi connectivity index (χ1n) is 10.4. The highest BCUT2D eigenvalue weighted by atomic mass is 16.5. The summed E-state index contributed by atoms with van der Waals surface area (Å²) >= 11 is 0. The van der Waals surface area contributed by atoms with Crippen molar-refractivity contribution in [2.24, 2.45) is 4.99 Å². The predicted molar refractivity (Wildman–Crippen MR) is 111 cm³/mol. The molecule has 1 aliphatic carbocycles. The maximum absolute atomic E-state index is 5.70. The van der Waals surface area contributed by atoms with Crippen LogP contribution in [0.4, 0.5) is 0 Å². The fraction of sp³-hybridized carbons (Fsp3) is 0.682. The Bertz CT molecular complexity index is 594. The van der Waals surface area contributed by atoms with Crippen LogP contribution in [0, 0.1) is 0 Å². The first kappa shape index (κ1) is 20.2. The monoisotopic (exact) mass is 373 g/mol. The van der Waals surface area contributed by atoms with Gasteiger partial charge in [-0.3, -0.25) is 4.99 Å². The number of hydrogen-bond acceptors (Lipinski definition) is 3. The maximum Gasteiger partial charge on any atom is 0.191 e. The first-order valence-corrected chi connectivity index (χ1v) is 10.4. The Morgan fingerprint density at radius 1 is 1.30 bits per heavy atom. The van der Waals surface area contributed by atoms with Crippen LogP contribution in [0.1, 0.15) is 62.5 Å². The third kappa shape index (κ3) is 6.22. The molecule has 0 radical (unpaired) electrons. The Hall–Kier alpha value is -1.59. The van der Waals surface area contributed by atoms with E-state index in [1.54, 1.807) is 0 Å². The molecular formula is C22H35N3O2. The summed E-state index contributed by atoms with van der Waals surface area (Å²) < 4.78 is 11.3. The zero-order valence-electron chi connectivity index (χ0n) is 17.0. The van der Waals surface area contributed by atoms with Gasteiger partial charge in [0, 0.05) is 38.8 Å². The molecule has 1 aliphatic heterocycles. The number of guanidine groups is 1. The zero-order valence-corrected chi connectivity index (χ0v) is 17.0. The number of nitrogens with zero attached hydrogens (tertiary/aromatic N) is 1. The third-order valence-electron chi connectivity index (χ3n) is 5.45. The van der Waals surface area contributed by atoms with Crippen molar-refractivity contribution in [1.82, 2.24) is 10.6 Å². The second-order valence-corrected chi connectivity index (χ2v) is 7.98. The molecule has 3 unspecified atom stereocenters. The van der Waals surface area contributed by atoms with Crippen molar-refractivity contribution in [2.75, 3.05) is 33.4 Å². The summed E-state index contributed by atoms with van der Waals surface area (Å²) in [5.41, 5.74) is 2.83. The summed E-state index contributed by atoms with van der Waals surface area (Å²) in [5.74, 6) is 2.07. The Morgan fingerprint density at radius 2 is 2.11 bits per heavy atom. The van der Waals surface area contributed by atoms with E-state index in [0.29, 0.717) is 24.0 Å². The Balaban J connectivity index is 1.30. The second kappa shape index (κ2) is 10.1. The van der Waals surface area contributed by atoms with Gasteiger partial charge in [0.2, 0.25) is 0 Å². The van der Waals surface area contributed by atoms with Crippen LogP contribution < -0.4 is 10.6 Å². The molecule has 0 amide bonds. The van der Waals surface area contributed by atoms with E-state index in [1.807, 2.05) is 7.05 Å². The molecule has 3 rings (SSSR count). The predicted octanol–water partition coefficient (Wildman–Crippen LogP) is 3.42. The van der Waals surface area contributed by atoms with Crippen molar-refractivity contribution >= 4 is 5.96 Å². The summed E-state index contributed by atoms with van der Waals surface area (Å²) in [7, 11) is 1.83. The second-order valence-electron chi connectivity index (χ2n) is 7.98. The van der Waals surface area contributed by atoms with Gasteiger partial charge >= 0.3 is 0 Å². The van der Waals surface area contributed by atoms with Gasteiger partial charge in [-0.1, -0.05) is 38.1 Å². The van der Waals surface area contributed by atoms with E-state index in [4.69, 9.17) is 9.47 Å². The molecule has 3 atom stereocenters. The van der Waals surface area contributed by atoms with Crippen molar-refractivity contribution in [3.8, 4) is 0 Å². The van der Waals surface area contributed by atoms with Crippen molar-refractivity contribution in [1.29, 1.82) is 0 Å². The van der Waals surface area contributed by atoms with Gasteiger partial charge in [-0.2, -0.15) is 0 Å². The Labute approximate surface area is 163 Å². The zero-order chi connectivity index (χ0) is 19.1. The van der Waals surface area contributed by atoms with Crippen LogP contribution in [-0.2, 0) is 9.47 Å². The van der Waals surface area contributed by atoms with E-state index in [9.17, 15) is 0 Å². The summed E-state index contributed by atoms with van der Waals surface area (Å²) in [6.07, 6.45) is 4.76. The highest BCUT2D eigenvalue weighted by Crippen LogP contribution is 2.41. The molecule has 150 valence electrons. The van der Waals surface area contributed by atoms with Gasteiger partial charge in [0.1, 0.15) is 0 Å². The lowest BCUT2D eigenvalue weighted by atomic mass is 10.0. The van der Waals surface area contributed by atoms with Gasteiger partial charge in [0.15, 0.2) is 5.96 Å². The van der Waals surface area contributed by atoms with Gasteiger partial charge in [0.25, 0.3) is 0 Å². The summed E-state index contributed by atoms with van der Waals surface area (Å²) in [6, 6.07) is 9.57. The van der Waals surface area contributed by atoms with Crippen molar-refractivity contribution < 1.29 is 9.47 Å². The normalized spacial score (nSPS) is 25.0. The molecule has 1 aromatic rings. The highest BCUT2D eigenvalue weighted by Gasteiger charge is 2.38. The molecule has 5 nitrogen and oxygen atoms in total. The first-order chi connectivity index (χ1) is 13.2. The van der Waals surface area contributed by atoms with Crippen LogP contribution in [0.3, 0.4) is 0 Å². The van der Waals surface area contributed by atoms with Gasteiger partial charge in [-0.25, -0.2) is 0 Å². The van der Waals surface area contributed by atoms with Gasteiger partial charge in [-0.05, 0) is 42.7 Å². The molecule has 1 aromatic carbocycles. The van der Waals surface area contributed by atoms with Crippen LogP contribution in [0.2, 0.25) is 0 Å². The van der Waals surface area contributed by atoms with E-state index in [2.05, 4.69) is 53.7 Å². The Kier molecular flexibility index (Phi) is 7.53. The summed E-state index contributed by atoms with van der Waals surface area (Å²) in [4.78, 5) is 4.35. The SMILES string of the molecule is CN=C(NCCCOCC1CCCO1)NC1CC1c1ccc(C(C)C)cc1. The molecule has 2 fully saturated rings. The number of ether oxygens (including phenoxy) is 2. The van der Waals surface area contributed by atoms with Crippen LogP contribution in [-0.4, -0.2) is 51.5 Å². The van der Waals surface area contributed by atoms with E-state index in [0.717, 1.165) is 45.2 Å².